The Kier molecular flexibility index (Phi) is 3.75. The van der Waals surface area contributed by atoms with Gasteiger partial charge < -0.3 is 10.0 Å². The van der Waals surface area contributed by atoms with Gasteiger partial charge in [0, 0.05) is 24.2 Å². The summed E-state index contributed by atoms with van der Waals surface area (Å²) in [5, 5.41) is 15.7. The molecule has 23 heavy (non-hydrogen) atoms. The summed E-state index contributed by atoms with van der Waals surface area (Å²) >= 11 is 7.50. The number of anilines is 1. The number of nitrogens with zero attached hydrogens (tertiary/aromatic N) is 4. The Hall–Kier alpha value is -1.63. The third-order valence-electron chi connectivity index (χ3n) is 4.24. The van der Waals surface area contributed by atoms with Gasteiger partial charge in [-0.15, -0.1) is 5.10 Å². The Bertz CT molecular complexity index is 791. The molecule has 0 aliphatic heterocycles. The van der Waals surface area contributed by atoms with Gasteiger partial charge in [-0.1, -0.05) is 35.1 Å². The number of fused-ring (bicyclic) bond motifs is 1. The van der Waals surface area contributed by atoms with Gasteiger partial charge in [-0.25, -0.2) is 9.50 Å². The van der Waals surface area contributed by atoms with Crippen molar-refractivity contribution in [3.05, 3.63) is 35.5 Å². The van der Waals surface area contributed by atoms with Gasteiger partial charge in [0.05, 0.1) is 18.0 Å². The molecule has 4 rings (SSSR count). The average molecular weight is 349 g/mol. The molecule has 5 nitrogen and oxygen atoms in total. The SMILES string of the molecule is CN(CC1CC(O)C1)c1nn2cc(-c3ccc(Cl)cc3)nc2s1. The zero-order chi connectivity index (χ0) is 16.0. The number of hydrogen-bond donors (Lipinski definition) is 1. The second-order valence-corrected chi connectivity index (χ2v) is 7.49. The van der Waals surface area contributed by atoms with E-state index in [1.54, 1.807) is 11.3 Å². The molecular weight excluding hydrogens is 332 g/mol. The Morgan fingerprint density at radius 2 is 2.09 bits per heavy atom. The Labute approximate surface area is 143 Å². The van der Waals surface area contributed by atoms with Crippen LogP contribution in [0.15, 0.2) is 30.5 Å². The Morgan fingerprint density at radius 1 is 1.35 bits per heavy atom. The molecule has 1 fully saturated rings. The van der Waals surface area contributed by atoms with E-state index >= 15 is 0 Å². The van der Waals surface area contributed by atoms with E-state index in [0.29, 0.717) is 5.92 Å². The third kappa shape index (κ3) is 2.94. The first-order chi connectivity index (χ1) is 11.1. The summed E-state index contributed by atoms with van der Waals surface area (Å²) in [4.78, 5) is 7.68. The highest BCUT2D eigenvalue weighted by molar-refractivity contribution is 7.20. The van der Waals surface area contributed by atoms with Gasteiger partial charge in [-0.3, -0.25) is 0 Å². The number of benzene rings is 1. The van der Waals surface area contributed by atoms with Crippen LogP contribution in [0.5, 0.6) is 0 Å². The molecule has 1 N–H and O–H groups in total. The summed E-state index contributed by atoms with van der Waals surface area (Å²) in [6, 6.07) is 7.65. The molecule has 0 atom stereocenters. The number of imidazole rings is 1. The topological polar surface area (TPSA) is 53.7 Å². The lowest BCUT2D eigenvalue weighted by molar-refractivity contribution is 0.0464. The fourth-order valence-corrected chi connectivity index (χ4v) is 3.90. The average Bonchev–Trinajstić information content (AvgIpc) is 3.05. The van der Waals surface area contributed by atoms with E-state index < -0.39 is 0 Å². The molecule has 120 valence electrons. The summed E-state index contributed by atoms with van der Waals surface area (Å²) in [5.74, 6) is 0.566. The van der Waals surface area contributed by atoms with Crippen LogP contribution in [-0.2, 0) is 0 Å². The molecule has 0 unspecified atom stereocenters. The highest BCUT2D eigenvalue weighted by atomic mass is 35.5. The lowest BCUT2D eigenvalue weighted by Gasteiger charge is -2.34. The van der Waals surface area contributed by atoms with Crippen molar-refractivity contribution in [2.75, 3.05) is 18.5 Å². The monoisotopic (exact) mass is 348 g/mol. The van der Waals surface area contributed by atoms with Gasteiger partial charge in [-0.2, -0.15) is 0 Å². The minimum atomic E-state index is -0.107. The molecule has 0 saturated heterocycles. The standard InChI is InChI=1S/C16H17ClN4OS/c1-20(8-10-6-13(22)7-10)16-19-21-9-14(18-15(21)23-16)11-2-4-12(17)5-3-11/h2-5,9-10,13,22H,6-8H2,1H3. The third-order valence-corrected chi connectivity index (χ3v) is 5.53. The number of rotatable bonds is 4. The quantitative estimate of drug-likeness (QED) is 0.785. The smallest absolute Gasteiger partial charge is 0.214 e. The van der Waals surface area contributed by atoms with Crippen LogP contribution < -0.4 is 4.90 Å². The van der Waals surface area contributed by atoms with Gasteiger partial charge in [0.2, 0.25) is 10.1 Å². The van der Waals surface area contributed by atoms with Gasteiger partial charge in [-0.05, 0) is 30.9 Å². The molecule has 0 spiro atoms. The molecule has 0 bridgehead atoms. The van der Waals surface area contributed by atoms with Crippen LogP contribution in [0, 0.1) is 5.92 Å². The molecule has 0 amide bonds. The fourth-order valence-electron chi connectivity index (χ4n) is 2.92. The van der Waals surface area contributed by atoms with Gasteiger partial charge >= 0.3 is 0 Å². The van der Waals surface area contributed by atoms with Crippen LogP contribution in [0.3, 0.4) is 0 Å². The molecule has 1 aromatic carbocycles. The van der Waals surface area contributed by atoms with Crippen LogP contribution in [0.1, 0.15) is 12.8 Å². The molecule has 1 saturated carbocycles. The van der Waals surface area contributed by atoms with E-state index in [0.717, 1.165) is 45.8 Å². The molecule has 7 heteroatoms. The van der Waals surface area contributed by atoms with Gasteiger partial charge in [0.1, 0.15) is 0 Å². The minimum absolute atomic E-state index is 0.107. The van der Waals surface area contributed by atoms with E-state index in [-0.39, 0.29) is 6.10 Å². The van der Waals surface area contributed by atoms with Crippen molar-refractivity contribution in [1.29, 1.82) is 0 Å². The maximum Gasteiger partial charge on any atom is 0.214 e. The van der Waals surface area contributed by atoms with Crippen molar-refractivity contribution in [3.8, 4) is 11.3 Å². The first kappa shape index (κ1) is 14.9. The number of aromatic nitrogens is 3. The van der Waals surface area contributed by atoms with Gasteiger partial charge in [0.25, 0.3) is 0 Å². The summed E-state index contributed by atoms with van der Waals surface area (Å²) in [5.41, 5.74) is 1.93. The first-order valence-corrected chi connectivity index (χ1v) is 8.79. The molecule has 2 aromatic heterocycles. The summed E-state index contributed by atoms with van der Waals surface area (Å²) < 4.78 is 1.83. The lowest BCUT2D eigenvalue weighted by Crippen LogP contribution is -2.37. The zero-order valence-electron chi connectivity index (χ0n) is 12.7. The predicted octanol–water partition coefficient (Wildman–Crippen LogP) is 3.32. The largest absolute Gasteiger partial charge is 0.393 e. The van der Waals surface area contributed by atoms with E-state index in [9.17, 15) is 5.11 Å². The van der Waals surface area contributed by atoms with Crippen LogP contribution in [0.2, 0.25) is 5.02 Å². The van der Waals surface area contributed by atoms with Crippen molar-refractivity contribution in [3.63, 3.8) is 0 Å². The van der Waals surface area contributed by atoms with E-state index in [2.05, 4.69) is 15.0 Å². The van der Waals surface area contributed by atoms with Crippen LogP contribution >= 0.6 is 22.9 Å². The minimum Gasteiger partial charge on any atom is -0.393 e. The Balaban J connectivity index is 1.53. The number of aliphatic hydroxyl groups excluding tert-OH is 1. The summed E-state index contributed by atoms with van der Waals surface area (Å²) in [6.07, 6.45) is 3.63. The second kappa shape index (κ2) is 5.78. The lowest BCUT2D eigenvalue weighted by atomic mass is 9.82. The van der Waals surface area contributed by atoms with Crippen molar-refractivity contribution in [2.24, 2.45) is 5.92 Å². The highest BCUT2D eigenvalue weighted by Crippen LogP contribution is 2.31. The molecular formula is C16H17ClN4OS. The Morgan fingerprint density at radius 3 is 2.74 bits per heavy atom. The maximum absolute atomic E-state index is 9.39. The van der Waals surface area contributed by atoms with Crippen LogP contribution in [-0.4, -0.2) is 39.4 Å². The van der Waals surface area contributed by atoms with Crippen molar-refractivity contribution in [1.82, 2.24) is 14.6 Å². The second-order valence-electron chi connectivity index (χ2n) is 6.12. The number of hydrogen-bond acceptors (Lipinski definition) is 5. The number of halogens is 1. The zero-order valence-corrected chi connectivity index (χ0v) is 14.3. The van der Waals surface area contributed by atoms with Crippen LogP contribution in [0.25, 0.3) is 16.2 Å². The number of aliphatic hydroxyl groups is 1. The van der Waals surface area contributed by atoms with Crippen molar-refractivity contribution >= 4 is 33.0 Å². The molecule has 1 aliphatic carbocycles. The van der Waals surface area contributed by atoms with Gasteiger partial charge in [0.15, 0.2) is 0 Å². The fraction of sp³-hybridized carbons (Fsp3) is 0.375. The summed E-state index contributed by atoms with van der Waals surface area (Å²) in [6.45, 7) is 0.928. The van der Waals surface area contributed by atoms with E-state index in [1.807, 2.05) is 42.0 Å². The normalized spacial score (nSPS) is 20.7. The molecule has 3 aromatic rings. The molecule has 2 heterocycles. The van der Waals surface area contributed by atoms with Crippen LogP contribution in [0.4, 0.5) is 5.13 Å². The molecule has 1 aliphatic rings. The predicted molar refractivity (Wildman–Crippen MR) is 93.3 cm³/mol. The maximum atomic E-state index is 9.39. The van der Waals surface area contributed by atoms with E-state index in [1.165, 1.54) is 0 Å². The highest BCUT2D eigenvalue weighted by Gasteiger charge is 2.28. The molecule has 0 radical (unpaired) electrons. The van der Waals surface area contributed by atoms with E-state index in [4.69, 9.17) is 11.6 Å². The van der Waals surface area contributed by atoms with Crippen molar-refractivity contribution < 1.29 is 5.11 Å². The van der Waals surface area contributed by atoms with Crippen molar-refractivity contribution in [2.45, 2.75) is 18.9 Å². The summed E-state index contributed by atoms with van der Waals surface area (Å²) in [7, 11) is 2.04. The first-order valence-electron chi connectivity index (χ1n) is 7.60.